The topological polar surface area (TPSA) is 112 Å². The van der Waals surface area contributed by atoms with Gasteiger partial charge in [-0.2, -0.15) is 0 Å². The number of hydrogen-bond donors (Lipinski definition) is 4. The van der Waals surface area contributed by atoms with Crippen LogP contribution in [0.3, 0.4) is 0 Å². The quantitative estimate of drug-likeness (QED) is 0.434. The van der Waals surface area contributed by atoms with Crippen LogP contribution >= 0.6 is 12.2 Å². The van der Waals surface area contributed by atoms with Crippen LogP contribution in [0, 0.1) is 0 Å². The minimum Gasteiger partial charge on any atom is -0.492 e. The highest BCUT2D eigenvalue weighted by molar-refractivity contribution is 7.92. The predicted octanol–water partition coefficient (Wildman–Crippen LogP) is 2.18. The van der Waals surface area contributed by atoms with Gasteiger partial charge in [0.15, 0.2) is 5.11 Å². The number of hydrogen-bond acceptors (Lipinski definition) is 5. The molecule has 0 aliphatic carbocycles. The number of aromatic nitrogens is 1. The highest BCUT2D eigenvalue weighted by Crippen LogP contribution is 2.26. The molecule has 1 heterocycles. The first-order chi connectivity index (χ1) is 14.1. The van der Waals surface area contributed by atoms with Crippen molar-refractivity contribution in [1.82, 2.24) is 20.3 Å². The first kappa shape index (κ1) is 23.7. The number of nitrogens with one attached hydrogen (secondary N) is 4. The van der Waals surface area contributed by atoms with Crippen molar-refractivity contribution >= 4 is 33.3 Å². The number of rotatable bonds is 9. The highest BCUT2D eigenvalue weighted by atomic mass is 32.2. The average molecular weight is 453 g/mol. The maximum absolute atomic E-state index is 12.8. The van der Waals surface area contributed by atoms with Crippen LogP contribution in [0.2, 0.25) is 0 Å². The number of thiocarbonyl (C=S) groups is 1. The van der Waals surface area contributed by atoms with Crippen molar-refractivity contribution in [3.05, 3.63) is 47.8 Å². The molecule has 0 radical (unpaired) electrons. The van der Waals surface area contributed by atoms with Gasteiger partial charge in [-0.15, -0.1) is 0 Å². The normalized spacial score (nSPS) is 11.6. The van der Waals surface area contributed by atoms with E-state index in [0.717, 1.165) is 12.1 Å². The van der Waals surface area contributed by atoms with Gasteiger partial charge in [0, 0.05) is 18.9 Å². The Morgan fingerprint density at radius 3 is 2.60 bits per heavy atom. The molecule has 2 rings (SSSR count). The van der Waals surface area contributed by atoms with E-state index in [-0.39, 0.29) is 28.1 Å². The second-order valence-electron chi connectivity index (χ2n) is 7.25. The summed E-state index contributed by atoms with van der Waals surface area (Å²) in [6.07, 6.45) is 2.52. The van der Waals surface area contributed by atoms with Crippen molar-refractivity contribution in [3.63, 3.8) is 0 Å². The molecule has 1 aromatic heterocycles. The van der Waals surface area contributed by atoms with Gasteiger partial charge in [0.1, 0.15) is 10.6 Å². The highest BCUT2D eigenvalue weighted by Gasteiger charge is 2.25. The summed E-state index contributed by atoms with van der Waals surface area (Å²) < 4.78 is 33.4. The van der Waals surface area contributed by atoms with E-state index in [4.69, 9.17) is 17.0 Å². The van der Waals surface area contributed by atoms with Gasteiger partial charge in [-0.05, 0) is 62.3 Å². The third-order valence-corrected chi connectivity index (χ3v) is 6.11. The zero-order chi connectivity index (χ0) is 22.4. The third kappa shape index (κ3) is 6.20. The summed E-state index contributed by atoms with van der Waals surface area (Å²) in [5.74, 6) is -0.0296. The molecule has 4 N–H and O–H groups in total. The van der Waals surface area contributed by atoms with Crippen molar-refractivity contribution < 1.29 is 17.9 Å². The van der Waals surface area contributed by atoms with E-state index in [1.807, 2.05) is 32.9 Å². The lowest BCUT2D eigenvalue weighted by atomic mass is 10.00. The number of aromatic amines is 1. The molecule has 164 valence electrons. The number of carbonyl (C=O) groups is 1. The summed E-state index contributed by atoms with van der Waals surface area (Å²) in [6.45, 7) is 6.06. The van der Waals surface area contributed by atoms with Gasteiger partial charge in [-0.1, -0.05) is 13.0 Å². The number of sulfonamides is 1. The molecule has 0 saturated heterocycles. The van der Waals surface area contributed by atoms with Gasteiger partial charge in [0.25, 0.3) is 10.0 Å². The van der Waals surface area contributed by atoms with Crippen LogP contribution < -0.4 is 20.1 Å². The molecule has 0 fully saturated rings. The second-order valence-corrected chi connectivity index (χ2v) is 9.31. The SMILES string of the molecule is CCCOc1ccc(CC(=O)NC(C)(C)c2ccc[nH]2)cc1S(=O)(=O)NC(=S)NC. The standard InChI is InChI=1S/C20H28N4O4S2/c1-5-11-28-15-9-8-14(12-16(15)30(26,27)24-19(29)21-4)13-18(25)23-20(2,3)17-7-6-10-22-17/h6-10,12,22H,5,11,13H2,1-4H3,(H,23,25)(H2,21,24,29). The Labute approximate surface area is 182 Å². The summed E-state index contributed by atoms with van der Waals surface area (Å²) in [7, 11) is -2.46. The second kappa shape index (κ2) is 9.94. The van der Waals surface area contributed by atoms with E-state index in [9.17, 15) is 13.2 Å². The first-order valence-electron chi connectivity index (χ1n) is 9.54. The van der Waals surface area contributed by atoms with Gasteiger partial charge in [0.2, 0.25) is 5.91 Å². The average Bonchev–Trinajstić information content (AvgIpc) is 3.22. The molecule has 0 aliphatic heterocycles. The Kier molecular flexibility index (Phi) is 7.85. The van der Waals surface area contributed by atoms with Gasteiger partial charge in [-0.25, -0.2) is 8.42 Å². The molecule has 0 bridgehead atoms. The van der Waals surface area contributed by atoms with Crippen molar-refractivity contribution in [2.24, 2.45) is 0 Å². The zero-order valence-electron chi connectivity index (χ0n) is 17.5. The summed E-state index contributed by atoms with van der Waals surface area (Å²) in [4.78, 5) is 15.6. The maximum Gasteiger partial charge on any atom is 0.267 e. The number of ether oxygens (including phenoxy) is 1. The summed E-state index contributed by atoms with van der Waals surface area (Å²) in [5, 5.41) is 5.50. The van der Waals surface area contributed by atoms with Crippen LogP contribution in [0.4, 0.5) is 0 Å². The van der Waals surface area contributed by atoms with E-state index in [1.165, 1.54) is 13.1 Å². The smallest absolute Gasteiger partial charge is 0.267 e. The molecular formula is C20H28N4O4S2. The lowest BCUT2D eigenvalue weighted by Crippen LogP contribution is -2.42. The summed E-state index contributed by atoms with van der Waals surface area (Å²) in [6, 6.07) is 8.43. The zero-order valence-corrected chi connectivity index (χ0v) is 19.2. The van der Waals surface area contributed by atoms with Crippen LogP contribution in [0.5, 0.6) is 5.75 Å². The van der Waals surface area contributed by atoms with Crippen LogP contribution in [-0.4, -0.2) is 38.1 Å². The van der Waals surface area contributed by atoms with Crippen molar-refractivity contribution in [2.75, 3.05) is 13.7 Å². The Bertz CT molecular complexity index is 986. The Balaban J connectivity index is 2.26. The lowest BCUT2D eigenvalue weighted by Gasteiger charge is -2.25. The van der Waals surface area contributed by atoms with E-state index in [2.05, 4.69) is 20.3 Å². The minimum atomic E-state index is -3.98. The number of benzene rings is 1. The van der Waals surface area contributed by atoms with E-state index in [0.29, 0.717) is 12.2 Å². The van der Waals surface area contributed by atoms with E-state index >= 15 is 0 Å². The number of H-pyrrole nitrogens is 1. The fourth-order valence-electron chi connectivity index (χ4n) is 2.80. The van der Waals surface area contributed by atoms with Gasteiger partial charge in [0.05, 0.1) is 18.6 Å². The number of carbonyl (C=O) groups excluding carboxylic acids is 1. The van der Waals surface area contributed by atoms with Crippen LogP contribution in [0.15, 0.2) is 41.4 Å². The van der Waals surface area contributed by atoms with E-state index < -0.39 is 15.6 Å². The molecule has 0 spiro atoms. The molecule has 0 atom stereocenters. The molecule has 0 unspecified atom stereocenters. The third-order valence-electron chi connectivity index (χ3n) is 4.30. The van der Waals surface area contributed by atoms with Gasteiger partial charge >= 0.3 is 0 Å². The predicted molar refractivity (Wildman–Crippen MR) is 120 cm³/mol. The molecular weight excluding hydrogens is 424 g/mol. The van der Waals surface area contributed by atoms with Crippen LogP contribution in [0.25, 0.3) is 0 Å². The minimum absolute atomic E-state index is 0.0111. The number of amides is 1. The van der Waals surface area contributed by atoms with Gasteiger partial charge in [-0.3, -0.25) is 9.52 Å². The molecule has 1 amide bonds. The fourth-order valence-corrected chi connectivity index (χ4v) is 4.28. The van der Waals surface area contributed by atoms with E-state index in [1.54, 1.807) is 18.3 Å². The Morgan fingerprint density at radius 2 is 2.00 bits per heavy atom. The molecule has 0 saturated carbocycles. The van der Waals surface area contributed by atoms with Crippen LogP contribution in [-0.2, 0) is 26.8 Å². The van der Waals surface area contributed by atoms with Crippen molar-refractivity contribution in [1.29, 1.82) is 0 Å². The summed E-state index contributed by atoms with van der Waals surface area (Å²) in [5.41, 5.74) is 0.807. The lowest BCUT2D eigenvalue weighted by molar-refractivity contribution is -0.122. The van der Waals surface area contributed by atoms with Gasteiger partial charge < -0.3 is 20.4 Å². The fraction of sp³-hybridized carbons (Fsp3) is 0.400. The molecule has 30 heavy (non-hydrogen) atoms. The van der Waals surface area contributed by atoms with Crippen LogP contribution in [0.1, 0.15) is 38.4 Å². The molecule has 2 aromatic rings. The Hall–Kier alpha value is -2.59. The molecule has 8 nitrogen and oxygen atoms in total. The first-order valence-corrected chi connectivity index (χ1v) is 11.4. The molecule has 0 aliphatic rings. The summed E-state index contributed by atoms with van der Waals surface area (Å²) >= 11 is 4.93. The molecule has 1 aromatic carbocycles. The van der Waals surface area contributed by atoms with Crippen molar-refractivity contribution in [3.8, 4) is 5.75 Å². The monoisotopic (exact) mass is 452 g/mol. The molecule has 10 heteroatoms. The van der Waals surface area contributed by atoms with Crippen molar-refractivity contribution in [2.45, 2.75) is 44.0 Å². The maximum atomic E-state index is 12.8. The Morgan fingerprint density at radius 1 is 1.27 bits per heavy atom. The largest absolute Gasteiger partial charge is 0.492 e.